The zero-order valence-corrected chi connectivity index (χ0v) is 14.8. The summed E-state index contributed by atoms with van der Waals surface area (Å²) in [5, 5.41) is 1.87. The van der Waals surface area contributed by atoms with Gasteiger partial charge in [0.25, 0.3) is 5.91 Å². The number of para-hydroxylation sites is 1. The van der Waals surface area contributed by atoms with Crippen LogP contribution >= 0.6 is 11.3 Å². The Morgan fingerprint density at radius 2 is 1.88 bits per heavy atom. The monoisotopic (exact) mass is 343 g/mol. The molecule has 0 radical (unpaired) electrons. The number of anilines is 1. The topological polar surface area (TPSA) is 46.6 Å². The number of ether oxygens (including phenoxy) is 1. The number of nitrogens with zero attached hydrogens (tertiary/aromatic N) is 1. The molecule has 0 bridgehead atoms. The molecule has 1 aliphatic rings. The Kier molecular flexibility index (Phi) is 5.00. The number of likely N-dealkylation sites (N-methyl/N-ethyl adjacent to an activating group) is 1. The lowest BCUT2D eigenvalue weighted by molar-refractivity contribution is -0.126. The van der Waals surface area contributed by atoms with Crippen LogP contribution in [-0.4, -0.2) is 25.0 Å². The summed E-state index contributed by atoms with van der Waals surface area (Å²) in [6, 6.07) is 9.33. The van der Waals surface area contributed by atoms with Crippen molar-refractivity contribution < 1.29 is 14.3 Å². The van der Waals surface area contributed by atoms with E-state index in [0.29, 0.717) is 5.56 Å². The summed E-state index contributed by atoms with van der Waals surface area (Å²) < 4.78 is 5.44. The number of esters is 1. The number of hydrogen-bond acceptors (Lipinski definition) is 4. The van der Waals surface area contributed by atoms with Gasteiger partial charge in [-0.15, -0.1) is 11.3 Å². The molecule has 0 saturated carbocycles. The van der Waals surface area contributed by atoms with Gasteiger partial charge in [0.05, 0.1) is 5.56 Å². The van der Waals surface area contributed by atoms with Crippen LogP contribution < -0.4 is 4.90 Å². The fourth-order valence-electron chi connectivity index (χ4n) is 2.99. The molecule has 5 heteroatoms. The fraction of sp³-hybridized carbons (Fsp3) is 0.368. The van der Waals surface area contributed by atoms with Gasteiger partial charge in [-0.25, -0.2) is 4.79 Å². The first-order valence-corrected chi connectivity index (χ1v) is 9.08. The second kappa shape index (κ2) is 7.18. The summed E-state index contributed by atoms with van der Waals surface area (Å²) in [7, 11) is 1.69. The quantitative estimate of drug-likeness (QED) is 0.793. The van der Waals surface area contributed by atoms with Gasteiger partial charge in [0.1, 0.15) is 0 Å². The highest BCUT2D eigenvalue weighted by Crippen LogP contribution is 2.30. The van der Waals surface area contributed by atoms with Crippen LogP contribution in [0.1, 0.15) is 40.6 Å². The molecule has 0 unspecified atom stereocenters. The summed E-state index contributed by atoms with van der Waals surface area (Å²) in [5.41, 5.74) is 2.53. The predicted octanol–water partition coefficient (Wildman–Crippen LogP) is 3.84. The molecule has 3 rings (SSSR count). The van der Waals surface area contributed by atoms with E-state index >= 15 is 0 Å². The highest BCUT2D eigenvalue weighted by atomic mass is 32.1. The first-order valence-electron chi connectivity index (χ1n) is 8.20. The molecule has 1 heterocycles. The highest BCUT2D eigenvalue weighted by molar-refractivity contribution is 7.10. The molecule has 1 atom stereocenters. The Morgan fingerprint density at radius 3 is 2.62 bits per heavy atom. The lowest BCUT2D eigenvalue weighted by atomic mass is 9.96. The molecule has 1 aromatic heterocycles. The second-order valence-corrected chi connectivity index (χ2v) is 7.00. The molecule has 2 aromatic rings. The van der Waals surface area contributed by atoms with Gasteiger partial charge in [-0.2, -0.15) is 0 Å². The smallest absolute Gasteiger partial charge is 0.340 e. The molecule has 0 saturated heterocycles. The van der Waals surface area contributed by atoms with Crippen molar-refractivity contribution in [1.82, 2.24) is 0 Å². The van der Waals surface area contributed by atoms with Gasteiger partial charge in [-0.1, -0.05) is 18.2 Å². The fourth-order valence-corrected chi connectivity index (χ4v) is 4.11. The molecule has 0 fully saturated rings. The number of carbonyl (C=O) groups excluding carboxylic acids is 2. The first-order chi connectivity index (χ1) is 11.6. The van der Waals surface area contributed by atoms with Crippen LogP contribution in [0.4, 0.5) is 5.69 Å². The Labute approximate surface area is 146 Å². The average molecular weight is 343 g/mol. The normalized spacial score (nSPS) is 14.6. The second-order valence-electron chi connectivity index (χ2n) is 6.04. The number of amides is 1. The van der Waals surface area contributed by atoms with E-state index in [-0.39, 0.29) is 5.91 Å². The van der Waals surface area contributed by atoms with Crippen molar-refractivity contribution in [2.45, 2.75) is 38.7 Å². The third-order valence-electron chi connectivity index (χ3n) is 4.39. The van der Waals surface area contributed by atoms with Crippen LogP contribution in [0, 0.1) is 0 Å². The minimum absolute atomic E-state index is 0.237. The number of thiophene rings is 1. The summed E-state index contributed by atoms with van der Waals surface area (Å²) >= 11 is 1.62. The maximum atomic E-state index is 12.5. The molecule has 1 aromatic carbocycles. The van der Waals surface area contributed by atoms with Crippen LogP contribution in [0.5, 0.6) is 0 Å². The first kappa shape index (κ1) is 16.7. The summed E-state index contributed by atoms with van der Waals surface area (Å²) in [4.78, 5) is 27.8. The van der Waals surface area contributed by atoms with E-state index in [1.807, 2.05) is 35.7 Å². The summed E-state index contributed by atoms with van der Waals surface area (Å²) in [5.74, 6) is -0.629. The number of rotatable bonds is 4. The minimum Gasteiger partial charge on any atom is -0.449 e. The number of carbonyl (C=O) groups is 2. The van der Waals surface area contributed by atoms with E-state index in [1.54, 1.807) is 25.3 Å². The zero-order chi connectivity index (χ0) is 17.1. The maximum absolute atomic E-state index is 12.5. The van der Waals surface area contributed by atoms with Crippen molar-refractivity contribution in [3.05, 3.63) is 51.7 Å². The van der Waals surface area contributed by atoms with Gasteiger partial charge >= 0.3 is 5.97 Å². The summed E-state index contributed by atoms with van der Waals surface area (Å²) in [6.07, 6.45) is 3.43. The van der Waals surface area contributed by atoms with Crippen molar-refractivity contribution in [3.63, 3.8) is 0 Å². The molecule has 0 aliphatic heterocycles. The SMILES string of the molecule is C[C@@H](OC(=O)c1csc2c1CCCC2)C(=O)N(C)c1ccccc1. The molecule has 0 N–H and O–H groups in total. The highest BCUT2D eigenvalue weighted by Gasteiger charge is 2.26. The standard InChI is InChI=1S/C19H21NO3S/c1-13(18(21)20(2)14-8-4-3-5-9-14)23-19(22)16-12-24-17-11-7-6-10-15(16)17/h3-5,8-9,12-13H,6-7,10-11H2,1-2H3/t13-/m1/s1. The third-order valence-corrected chi connectivity index (χ3v) is 5.48. The molecule has 24 heavy (non-hydrogen) atoms. The van der Waals surface area contributed by atoms with Gasteiger partial charge in [-0.3, -0.25) is 4.79 Å². The van der Waals surface area contributed by atoms with Crippen LogP contribution in [0.3, 0.4) is 0 Å². The number of hydrogen-bond donors (Lipinski definition) is 0. The Hall–Kier alpha value is -2.14. The Bertz CT molecular complexity index is 738. The predicted molar refractivity (Wildman–Crippen MR) is 95.7 cm³/mol. The van der Waals surface area contributed by atoms with Crippen molar-refractivity contribution in [1.29, 1.82) is 0 Å². The van der Waals surface area contributed by atoms with Crippen molar-refractivity contribution in [2.75, 3.05) is 11.9 Å². The van der Waals surface area contributed by atoms with Gasteiger partial charge in [0.2, 0.25) is 0 Å². The molecule has 1 aliphatic carbocycles. The van der Waals surface area contributed by atoms with Gasteiger partial charge in [0, 0.05) is 23.0 Å². The van der Waals surface area contributed by atoms with Crippen LogP contribution in [0.2, 0.25) is 0 Å². The van der Waals surface area contributed by atoms with E-state index in [4.69, 9.17) is 4.74 Å². The van der Waals surface area contributed by atoms with Crippen molar-refractivity contribution in [3.8, 4) is 0 Å². The molecule has 0 spiro atoms. The number of aryl methyl sites for hydroxylation is 1. The van der Waals surface area contributed by atoms with Crippen LogP contribution in [0.15, 0.2) is 35.7 Å². The van der Waals surface area contributed by atoms with Crippen LogP contribution in [-0.2, 0) is 22.4 Å². The van der Waals surface area contributed by atoms with Crippen LogP contribution in [0.25, 0.3) is 0 Å². The van der Waals surface area contributed by atoms with E-state index in [0.717, 1.165) is 30.5 Å². The largest absolute Gasteiger partial charge is 0.449 e. The van der Waals surface area contributed by atoms with E-state index in [1.165, 1.54) is 16.2 Å². The van der Waals surface area contributed by atoms with Gasteiger partial charge < -0.3 is 9.64 Å². The maximum Gasteiger partial charge on any atom is 0.340 e. The Morgan fingerprint density at radius 1 is 1.17 bits per heavy atom. The van der Waals surface area contributed by atoms with E-state index < -0.39 is 12.1 Å². The van der Waals surface area contributed by atoms with E-state index in [9.17, 15) is 9.59 Å². The average Bonchev–Trinajstić information content (AvgIpc) is 3.05. The lowest BCUT2D eigenvalue weighted by Gasteiger charge is -2.21. The molecule has 1 amide bonds. The lowest BCUT2D eigenvalue weighted by Crippen LogP contribution is -2.37. The summed E-state index contributed by atoms with van der Waals surface area (Å²) in [6.45, 7) is 1.62. The number of benzene rings is 1. The third kappa shape index (κ3) is 3.36. The Balaban J connectivity index is 1.68. The van der Waals surface area contributed by atoms with E-state index in [2.05, 4.69) is 0 Å². The molecular formula is C19H21NO3S. The van der Waals surface area contributed by atoms with Gasteiger partial charge in [0.15, 0.2) is 6.10 Å². The van der Waals surface area contributed by atoms with Crippen molar-refractivity contribution >= 4 is 28.9 Å². The molecule has 4 nitrogen and oxygen atoms in total. The van der Waals surface area contributed by atoms with Gasteiger partial charge in [-0.05, 0) is 50.3 Å². The zero-order valence-electron chi connectivity index (χ0n) is 14.0. The van der Waals surface area contributed by atoms with Crippen molar-refractivity contribution in [2.24, 2.45) is 0 Å². The number of fused-ring (bicyclic) bond motifs is 1. The molecular weight excluding hydrogens is 322 g/mol. The molecule has 126 valence electrons. The minimum atomic E-state index is -0.818.